The number of likely N-dealkylation sites (tertiary alicyclic amines) is 1. The highest BCUT2D eigenvalue weighted by Gasteiger charge is 2.58. The van der Waals surface area contributed by atoms with E-state index in [4.69, 9.17) is 9.47 Å². The molecule has 0 spiro atoms. The maximum atomic E-state index is 12.8. The fourth-order valence-electron chi connectivity index (χ4n) is 3.48. The van der Waals surface area contributed by atoms with Crippen molar-refractivity contribution >= 4 is 23.5 Å². The second-order valence-corrected chi connectivity index (χ2v) is 7.28. The Kier molecular flexibility index (Phi) is 5.24. The highest BCUT2D eigenvalue weighted by Crippen LogP contribution is 2.35. The summed E-state index contributed by atoms with van der Waals surface area (Å²) < 4.78 is 11.2. The van der Waals surface area contributed by atoms with Crippen LogP contribution in [0.5, 0.6) is 0 Å². The summed E-state index contributed by atoms with van der Waals surface area (Å²) in [5.74, 6) is -0.642. The van der Waals surface area contributed by atoms with E-state index < -0.39 is 29.2 Å². The summed E-state index contributed by atoms with van der Waals surface area (Å²) >= 11 is 0. The van der Waals surface area contributed by atoms with Gasteiger partial charge in [0.2, 0.25) is 12.1 Å². The number of benzene rings is 2. The van der Waals surface area contributed by atoms with Gasteiger partial charge in [-0.3, -0.25) is 19.8 Å². The molecule has 0 radical (unpaired) electrons. The minimum absolute atomic E-state index is 0.0558. The van der Waals surface area contributed by atoms with Crippen molar-refractivity contribution in [3.8, 4) is 0 Å². The lowest BCUT2D eigenvalue weighted by molar-refractivity contribution is -0.384. The van der Waals surface area contributed by atoms with Crippen LogP contribution >= 0.6 is 0 Å². The predicted molar refractivity (Wildman–Crippen MR) is 110 cm³/mol. The highest BCUT2D eigenvalue weighted by atomic mass is 16.6. The van der Waals surface area contributed by atoms with E-state index in [1.807, 2.05) is 30.3 Å². The van der Waals surface area contributed by atoms with Crippen LogP contribution in [0, 0.1) is 10.1 Å². The maximum Gasteiger partial charge on any atom is 0.333 e. The van der Waals surface area contributed by atoms with Crippen LogP contribution in [0.25, 0.3) is 0 Å². The van der Waals surface area contributed by atoms with E-state index in [2.05, 4.69) is 11.6 Å². The quantitative estimate of drug-likeness (QED) is 0.223. The molecule has 0 N–H and O–H groups in total. The average molecular weight is 421 g/mol. The zero-order chi connectivity index (χ0) is 22.1. The first-order valence-corrected chi connectivity index (χ1v) is 9.54. The molecule has 2 aromatic carbocycles. The van der Waals surface area contributed by atoms with Crippen LogP contribution in [0.3, 0.4) is 0 Å². The number of β-lactam (4-membered cyclic amide) rings is 1. The van der Waals surface area contributed by atoms with Crippen molar-refractivity contribution in [1.29, 1.82) is 0 Å². The number of non-ortho nitro benzene ring substituents is 1. The molecule has 1 fully saturated rings. The van der Waals surface area contributed by atoms with Crippen LogP contribution in [-0.2, 0) is 25.7 Å². The van der Waals surface area contributed by atoms with E-state index in [0.717, 1.165) is 5.56 Å². The number of nitrogens with zero attached hydrogens (tertiary/aromatic N) is 3. The van der Waals surface area contributed by atoms with Gasteiger partial charge in [0.15, 0.2) is 12.1 Å². The van der Waals surface area contributed by atoms with Gasteiger partial charge < -0.3 is 9.47 Å². The first-order chi connectivity index (χ1) is 14.9. The van der Waals surface area contributed by atoms with Gasteiger partial charge in [-0.2, -0.15) is 0 Å². The number of hydrogen-bond donors (Lipinski definition) is 0. The molecule has 3 atom stereocenters. The number of esters is 1. The lowest BCUT2D eigenvalue weighted by Gasteiger charge is -2.44. The van der Waals surface area contributed by atoms with Crippen LogP contribution < -0.4 is 0 Å². The molecule has 0 aromatic heterocycles. The Bertz CT molecular complexity index is 1080. The number of carbonyl (C=O) groups excluding carboxylic acids is 2. The minimum atomic E-state index is -1.02. The summed E-state index contributed by atoms with van der Waals surface area (Å²) in [5.41, 5.74) is 1.70. The van der Waals surface area contributed by atoms with Gasteiger partial charge in [-0.1, -0.05) is 24.8 Å². The molecule has 9 heteroatoms. The van der Waals surface area contributed by atoms with Gasteiger partial charge in [0.1, 0.15) is 6.61 Å². The predicted octanol–water partition coefficient (Wildman–Crippen LogP) is 2.60. The molecular formula is C22H19N3O6. The van der Waals surface area contributed by atoms with E-state index >= 15 is 0 Å². The van der Waals surface area contributed by atoms with E-state index in [9.17, 15) is 19.7 Å². The summed E-state index contributed by atoms with van der Waals surface area (Å²) in [4.78, 5) is 41.3. The second kappa shape index (κ2) is 8.02. The number of nitro benzene ring substituents is 1. The Balaban J connectivity index is 1.43. The Labute approximate surface area is 177 Å². The van der Waals surface area contributed by atoms with E-state index in [1.165, 1.54) is 29.2 Å². The molecule has 1 amide bonds. The first-order valence-electron chi connectivity index (χ1n) is 9.54. The van der Waals surface area contributed by atoms with Gasteiger partial charge in [-0.15, -0.1) is 0 Å². The Hall–Kier alpha value is -4.01. The molecule has 2 aliphatic heterocycles. The number of fused-ring (bicyclic) bond motifs is 1. The molecule has 4 rings (SSSR count). The van der Waals surface area contributed by atoms with Gasteiger partial charge in [-0.25, -0.2) is 9.79 Å². The molecular weight excluding hydrogens is 402 g/mol. The van der Waals surface area contributed by atoms with Crippen molar-refractivity contribution in [1.82, 2.24) is 4.90 Å². The average Bonchev–Trinajstić information content (AvgIpc) is 3.16. The van der Waals surface area contributed by atoms with Gasteiger partial charge in [0.05, 0.1) is 4.92 Å². The van der Waals surface area contributed by atoms with Gasteiger partial charge in [0.25, 0.3) is 11.6 Å². The fraction of sp³-hybridized carbons (Fsp3) is 0.227. The molecule has 2 heterocycles. The lowest BCUT2D eigenvalue weighted by atomic mass is 9.98. The third-order valence-electron chi connectivity index (χ3n) is 5.06. The van der Waals surface area contributed by atoms with Crippen molar-refractivity contribution < 1.29 is 24.0 Å². The number of nitro groups is 1. The third-order valence-corrected chi connectivity index (χ3v) is 5.06. The molecule has 0 aliphatic carbocycles. The Morgan fingerprint density at radius 2 is 1.94 bits per heavy atom. The molecule has 0 unspecified atom stereocenters. The van der Waals surface area contributed by atoms with E-state index in [-0.39, 0.29) is 18.2 Å². The summed E-state index contributed by atoms with van der Waals surface area (Å²) in [6.07, 6.45) is -0.698. The maximum absolute atomic E-state index is 12.8. The minimum Gasteiger partial charge on any atom is -0.459 e. The SMILES string of the molecule is C=C(C)[C@H](C(=O)OCc1ccc([N+](=O)[O-])cc1)N1C(=O)[C@@H]2N=C(c3ccccc3)O[C@@H]21. The normalized spacial score (nSPS) is 20.1. The number of amides is 1. The standard InChI is InChI=1S/C22H19N3O6/c1-13(2)18(22(27)30-12-14-8-10-16(11-9-14)25(28)29)24-20(26)17-21(24)31-19(23-17)15-6-4-3-5-7-15/h3-11,17-18,21H,1,12H2,2H3/t17-,18+,21-/m0/s1. The van der Waals surface area contributed by atoms with Gasteiger partial charge in [0, 0.05) is 17.7 Å². The fourth-order valence-corrected chi connectivity index (χ4v) is 3.48. The Morgan fingerprint density at radius 3 is 2.55 bits per heavy atom. The van der Waals surface area contributed by atoms with E-state index in [1.54, 1.807) is 6.92 Å². The monoisotopic (exact) mass is 421 g/mol. The van der Waals surface area contributed by atoms with E-state index in [0.29, 0.717) is 17.0 Å². The topological polar surface area (TPSA) is 111 Å². The second-order valence-electron chi connectivity index (χ2n) is 7.28. The number of rotatable bonds is 7. The van der Waals surface area contributed by atoms with Crippen molar-refractivity contribution in [3.63, 3.8) is 0 Å². The zero-order valence-electron chi connectivity index (χ0n) is 16.6. The van der Waals surface area contributed by atoms with Crippen LogP contribution in [0.1, 0.15) is 18.1 Å². The molecule has 1 saturated heterocycles. The molecule has 158 valence electrons. The van der Waals surface area contributed by atoms with Crippen molar-refractivity contribution in [2.75, 3.05) is 0 Å². The van der Waals surface area contributed by atoms with Crippen LogP contribution in [-0.4, -0.2) is 45.9 Å². The molecule has 31 heavy (non-hydrogen) atoms. The van der Waals surface area contributed by atoms with Crippen LogP contribution in [0.2, 0.25) is 0 Å². The summed E-state index contributed by atoms with van der Waals surface area (Å²) in [6.45, 7) is 5.37. The number of hydrogen-bond acceptors (Lipinski definition) is 7. The van der Waals surface area contributed by atoms with Gasteiger partial charge >= 0.3 is 5.97 Å². The number of ether oxygens (including phenoxy) is 2. The number of carbonyl (C=O) groups is 2. The molecule has 2 aliphatic rings. The molecule has 9 nitrogen and oxygen atoms in total. The Morgan fingerprint density at radius 1 is 1.26 bits per heavy atom. The first kappa shape index (κ1) is 20.3. The number of aliphatic imine (C=N–C) groups is 1. The van der Waals surface area contributed by atoms with Crippen molar-refractivity contribution in [3.05, 3.63) is 88.0 Å². The van der Waals surface area contributed by atoms with Crippen LogP contribution in [0.4, 0.5) is 5.69 Å². The molecule has 0 bridgehead atoms. The molecule has 0 saturated carbocycles. The van der Waals surface area contributed by atoms with Crippen molar-refractivity contribution in [2.45, 2.75) is 31.8 Å². The van der Waals surface area contributed by atoms with Gasteiger partial charge in [-0.05, 0) is 42.3 Å². The largest absolute Gasteiger partial charge is 0.459 e. The lowest BCUT2D eigenvalue weighted by Crippen LogP contribution is -2.68. The smallest absolute Gasteiger partial charge is 0.333 e. The molecule has 2 aromatic rings. The van der Waals surface area contributed by atoms with Crippen LogP contribution in [0.15, 0.2) is 71.7 Å². The summed E-state index contributed by atoms with van der Waals surface area (Å²) in [7, 11) is 0. The van der Waals surface area contributed by atoms with Crippen molar-refractivity contribution in [2.24, 2.45) is 4.99 Å². The summed E-state index contributed by atoms with van der Waals surface area (Å²) in [6, 6.07) is 13.2. The summed E-state index contributed by atoms with van der Waals surface area (Å²) in [5, 5.41) is 10.7. The third kappa shape index (κ3) is 3.77. The highest BCUT2D eigenvalue weighted by molar-refractivity contribution is 6.03. The zero-order valence-corrected chi connectivity index (χ0v) is 16.6.